The standard InChI is InChI=1S/C22H26ClF3N2O4S/c1-15-4-3-5-16(2)21(15)32-14-18(29)13-27-8-10-28(11-9-27)33(30,31)20-12-17(22(24,25)26)6-7-19(20)23/h3-7,12,18,29H,8-11,13-14H2,1-2H3. The molecule has 1 aliphatic heterocycles. The van der Waals surface area contributed by atoms with Crippen LogP contribution in [-0.2, 0) is 16.2 Å². The van der Waals surface area contributed by atoms with Crippen molar-refractivity contribution in [1.82, 2.24) is 9.21 Å². The minimum atomic E-state index is -4.68. The lowest BCUT2D eigenvalue weighted by Crippen LogP contribution is -2.50. The molecule has 0 bridgehead atoms. The number of β-amino-alcohol motifs (C(OH)–C–C–N with tert-alkyl or cyclic N) is 1. The molecular formula is C22H26ClF3N2O4S. The summed E-state index contributed by atoms with van der Waals surface area (Å²) < 4.78 is 71.8. The van der Waals surface area contributed by atoms with E-state index in [0.717, 1.165) is 33.3 Å². The zero-order chi connectivity index (χ0) is 24.4. The maximum Gasteiger partial charge on any atom is 0.416 e. The van der Waals surface area contributed by atoms with Crippen molar-refractivity contribution in [2.75, 3.05) is 39.3 Å². The first kappa shape index (κ1) is 25.8. The van der Waals surface area contributed by atoms with Crippen molar-refractivity contribution < 1.29 is 31.4 Å². The van der Waals surface area contributed by atoms with Crippen LogP contribution in [0.5, 0.6) is 5.75 Å². The van der Waals surface area contributed by atoms with Gasteiger partial charge in [0, 0.05) is 32.7 Å². The van der Waals surface area contributed by atoms with E-state index in [1.807, 2.05) is 36.9 Å². The van der Waals surface area contributed by atoms with Crippen molar-refractivity contribution in [2.45, 2.75) is 31.0 Å². The molecule has 1 aliphatic rings. The van der Waals surface area contributed by atoms with Crippen LogP contribution < -0.4 is 4.74 Å². The number of nitrogens with zero attached hydrogens (tertiary/aromatic N) is 2. The van der Waals surface area contributed by atoms with Crippen LogP contribution in [0.1, 0.15) is 16.7 Å². The van der Waals surface area contributed by atoms with Crippen LogP contribution >= 0.6 is 11.6 Å². The molecular weight excluding hydrogens is 481 g/mol. The van der Waals surface area contributed by atoms with Gasteiger partial charge in [0.15, 0.2) is 0 Å². The van der Waals surface area contributed by atoms with Crippen molar-refractivity contribution in [3.05, 3.63) is 58.1 Å². The van der Waals surface area contributed by atoms with E-state index in [-0.39, 0.29) is 31.3 Å². The Kier molecular flexibility index (Phi) is 7.95. The number of ether oxygens (including phenoxy) is 1. The quantitative estimate of drug-likeness (QED) is 0.620. The Morgan fingerprint density at radius 2 is 1.70 bits per heavy atom. The summed E-state index contributed by atoms with van der Waals surface area (Å²) in [5.74, 6) is 0.727. The van der Waals surface area contributed by atoms with E-state index < -0.39 is 32.8 Å². The number of rotatable bonds is 7. The summed E-state index contributed by atoms with van der Waals surface area (Å²) in [6.45, 7) is 4.98. The van der Waals surface area contributed by atoms with E-state index in [2.05, 4.69) is 0 Å². The van der Waals surface area contributed by atoms with Gasteiger partial charge in [0.2, 0.25) is 10.0 Å². The number of hydrogen-bond donors (Lipinski definition) is 1. The maximum absolute atomic E-state index is 13.0. The smallest absolute Gasteiger partial charge is 0.416 e. The molecule has 2 aromatic carbocycles. The number of hydrogen-bond acceptors (Lipinski definition) is 5. The molecule has 0 aliphatic carbocycles. The van der Waals surface area contributed by atoms with Gasteiger partial charge in [-0.2, -0.15) is 17.5 Å². The molecule has 11 heteroatoms. The third-order valence-electron chi connectivity index (χ3n) is 5.51. The molecule has 1 N–H and O–H groups in total. The predicted octanol–water partition coefficient (Wildman–Crippen LogP) is 3.72. The zero-order valence-electron chi connectivity index (χ0n) is 18.3. The second-order valence-corrected chi connectivity index (χ2v) is 10.3. The molecule has 1 unspecified atom stereocenters. The first-order valence-corrected chi connectivity index (χ1v) is 12.2. The SMILES string of the molecule is Cc1cccc(C)c1OCC(O)CN1CCN(S(=O)(=O)c2cc(C(F)(F)F)ccc2Cl)CC1. The molecule has 2 aromatic rings. The highest BCUT2D eigenvalue weighted by Crippen LogP contribution is 2.34. The van der Waals surface area contributed by atoms with Crippen LogP contribution in [0, 0.1) is 13.8 Å². The highest BCUT2D eigenvalue weighted by atomic mass is 35.5. The van der Waals surface area contributed by atoms with Gasteiger partial charge in [-0.1, -0.05) is 29.8 Å². The minimum absolute atomic E-state index is 0.0688. The second kappa shape index (κ2) is 10.2. The summed E-state index contributed by atoms with van der Waals surface area (Å²) in [4.78, 5) is 1.33. The van der Waals surface area contributed by atoms with Gasteiger partial charge in [0.1, 0.15) is 23.4 Å². The average molecular weight is 507 g/mol. The lowest BCUT2D eigenvalue weighted by Gasteiger charge is -2.35. The molecule has 1 fully saturated rings. The van der Waals surface area contributed by atoms with Crippen molar-refractivity contribution in [3.63, 3.8) is 0 Å². The van der Waals surface area contributed by atoms with E-state index in [4.69, 9.17) is 16.3 Å². The molecule has 0 amide bonds. The van der Waals surface area contributed by atoms with Gasteiger partial charge < -0.3 is 9.84 Å². The third-order valence-corrected chi connectivity index (χ3v) is 7.89. The number of aliphatic hydroxyl groups excluding tert-OH is 1. The monoisotopic (exact) mass is 506 g/mol. The van der Waals surface area contributed by atoms with Gasteiger partial charge in [0.05, 0.1) is 10.6 Å². The van der Waals surface area contributed by atoms with E-state index in [9.17, 15) is 26.7 Å². The highest BCUT2D eigenvalue weighted by molar-refractivity contribution is 7.89. The molecule has 182 valence electrons. The van der Waals surface area contributed by atoms with E-state index in [1.165, 1.54) is 0 Å². The fourth-order valence-corrected chi connectivity index (χ4v) is 5.65. The van der Waals surface area contributed by atoms with Crippen molar-refractivity contribution in [3.8, 4) is 5.75 Å². The van der Waals surface area contributed by atoms with Crippen LogP contribution in [0.15, 0.2) is 41.3 Å². The Bertz CT molecular complexity index is 1070. The number of para-hydroxylation sites is 1. The van der Waals surface area contributed by atoms with Gasteiger partial charge in [-0.05, 0) is 43.2 Å². The Morgan fingerprint density at radius 3 is 2.27 bits per heavy atom. The Morgan fingerprint density at radius 1 is 1.09 bits per heavy atom. The molecule has 1 heterocycles. The second-order valence-electron chi connectivity index (χ2n) is 8.03. The van der Waals surface area contributed by atoms with Crippen LogP contribution in [0.3, 0.4) is 0 Å². The Labute approximate surface area is 196 Å². The number of benzene rings is 2. The molecule has 0 saturated carbocycles. The van der Waals surface area contributed by atoms with Crippen molar-refractivity contribution in [1.29, 1.82) is 0 Å². The fourth-order valence-electron chi connectivity index (χ4n) is 3.73. The van der Waals surface area contributed by atoms with Gasteiger partial charge in [0.25, 0.3) is 0 Å². The van der Waals surface area contributed by atoms with Crippen LogP contribution in [0.4, 0.5) is 13.2 Å². The topological polar surface area (TPSA) is 70.1 Å². The molecule has 0 spiro atoms. The van der Waals surface area contributed by atoms with Crippen LogP contribution in [0.2, 0.25) is 5.02 Å². The van der Waals surface area contributed by atoms with Gasteiger partial charge in [-0.15, -0.1) is 0 Å². The van der Waals surface area contributed by atoms with Crippen LogP contribution in [0.25, 0.3) is 0 Å². The molecule has 0 aromatic heterocycles. The highest BCUT2D eigenvalue weighted by Gasteiger charge is 2.35. The van der Waals surface area contributed by atoms with Gasteiger partial charge in [-0.25, -0.2) is 8.42 Å². The lowest BCUT2D eigenvalue weighted by atomic mass is 10.1. The number of halogens is 4. The first-order chi connectivity index (χ1) is 15.4. The maximum atomic E-state index is 13.0. The van der Waals surface area contributed by atoms with E-state index in [0.29, 0.717) is 19.2 Å². The third kappa shape index (κ3) is 6.19. The Balaban J connectivity index is 1.58. The average Bonchev–Trinajstić information content (AvgIpc) is 2.73. The molecule has 1 saturated heterocycles. The summed E-state index contributed by atoms with van der Waals surface area (Å²) in [6, 6.07) is 8.03. The summed E-state index contributed by atoms with van der Waals surface area (Å²) in [5, 5.41) is 10.1. The van der Waals surface area contributed by atoms with E-state index >= 15 is 0 Å². The zero-order valence-corrected chi connectivity index (χ0v) is 19.8. The fraction of sp³-hybridized carbons (Fsp3) is 0.455. The van der Waals surface area contributed by atoms with Gasteiger partial charge >= 0.3 is 6.18 Å². The first-order valence-electron chi connectivity index (χ1n) is 10.4. The Hall–Kier alpha value is -1.85. The van der Waals surface area contributed by atoms with Crippen molar-refractivity contribution in [2.24, 2.45) is 0 Å². The normalized spacial score (nSPS) is 17.2. The van der Waals surface area contributed by atoms with Crippen molar-refractivity contribution >= 4 is 21.6 Å². The molecule has 0 radical (unpaired) electrons. The van der Waals surface area contributed by atoms with Crippen LogP contribution in [-0.4, -0.2) is 68.2 Å². The number of alkyl halides is 3. The summed E-state index contributed by atoms with van der Waals surface area (Å²) in [7, 11) is -4.20. The molecule has 1 atom stereocenters. The molecule has 33 heavy (non-hydrogen) atoms. The minimum Gasteiger partial charge on any atom is -0.490 e. The largest absolute Gasteiger partial charge is 0.490 e. The molecule has 3 rings (SSSR count). The summed E-state index contributed by atoms with van der Waals surface area (Å²) in [6.07, 6.45) is -5.46. The molecule has 6 nitrogen and oxygen atoms in total. The number of aliphatic hydroxyl groups is 1. The summed E-state index contributed by atoms with van der Waals surface area (Å²) >= 11 is 5.92. The summed E-state index contributed by atoms with van der Waals surface area (Å²) in [5.41, 5.74) is 0.861. The predicted molar refractivity (Wildman–Crippen MR) is 119 cm³/mol. The number of piperazine rings is 1. The number of aryl methyl sites for hydroxylation is 2. The van der Waals surface area contributed by atoms with E-state index in [1.54, 1.807) is 0 Å². The van der Waals surface area contributed by atoms with Gasteiger partial charge in [-0.3, -0.25) is 4.90 Å². The lowest BCUT2D eigenvalue weighted by molar-refractivity contribution is -0.137. The number of sulfonamides is 1.